The Bertz CT molecular complexity index is 539. The van der Waals surface area contributed by atoms with E-state index in [0.717, 1.165) is 31.2 Å². The van der Waals surface area contributed by atoms with Crippen LogP contribution in [0.5, 0.6) is 0 Å². The summed E-state index contributed by atoms with van der Waals surface area (Å²) in [4.78, 5) is 0. The fourth-order valence-electron chi connectivity index (χ4n) is 4.06. The maximum Gasteiger partial charge on any atom is 0.111 e. The molecule has 2 atom stereocenters. The number of aliphatic hydroxyl groups is 1. The molecule has 0 bridgehead atoms. The van der Waals surface area contributed by atoms with Crippen LogP contribution in [0.3, 0.4) is 0 Å². The zero-order valence-corrected chi connectivity index (χ0v) is 12.2. The topological polar surface area (TPSA) is 44.0 Å². The number of nitrogens with zero attached hydrogens (tertiary/aromatic N) is 1. The first-order valence-electron chi connectivity index (χ1n) is 7.81. The van der Waals surface area contributed by atoms with Crippen LogP contribution in [0.15, 0.2) is 24.3 Å². The summed E-state index contributed by atoms with van der Waals surface area (Å²) in [5.74, 6) is 0.601. The molecule has 1 fully saturated rings. The van der Waals surface area contributed by atoms with Crippen LogP contribution in [-0.4, -0.2) is 10.7 Å². The first-order chi connectivity index (χ1) is 9.59. The molecule has 0 saturated heterocycles. The Labute approximate surface area is 121 Å². The average Bonchev–Trinajstić information content (AvgIpc) is 2.42. The molecule has 2 aliphatic rings. The minimum atomic E-state index is -0.927. The molecule has 2 nitrogen and oxygen atoms in total. The number of fused-ring (bicyclic) bond motifs is 1. The molecule has 3 rings (SSSR count). The maximum atomic E-state index is 11.1. The van der Waals surface area contributed by atoms with Gasteiger partial charge in [-0.15, -0.1) is 0 Å². The summed E-state index contributed by atoms with van der Waals surface area (Å²) in [6, 6.07) is 10.7. The van der Waals surface area contributed by atoms with Gasteiger partial charge >= 0.3 is 0 Å². The minimum absolute atomic E-state index is 0.601. The predicted molar refractivity (Wildman–Crippen MR) is 79.3 cm³/mol. The number of aryl methyl sites for hydroxylation is 1. The van der Waals surface area contributed by atoms with Gasteiger partial charge in [0, 0.05) is 0 Å². The summed E-state index contributed by atoms with van der Waals surface area (Å²) in [5, 5.41) is 21.1. The largest absolute Gasteiger partial charge is 0.388 e. The number of benzene rings is 1. The van der Waals surface area contributed by atoms with Crippen molar-refractivity contribution in [2.75, 3.05) is 0 Å². The molecule has 1 aromatic carbocycles. The predicted octanol–water partition coefficient (Wildman–Crippen LogP) is 3.73. The van der Waals surface area contributed by atoms with Crippen LogP contribution < -0.4 is 0 Å². The first kappa shape index (κ1) is 13.6. The Morgan fingerprint density at radius 2 is 2.10 bits per heavy atom. The molecular formula is C18H23NO. The highest BCUT2D eigenvalue weighted by Gasteiger charge is 2.51. The van der Waals surface area contributed by atoms with Gasteiger partial charge in [-0.25, -0.2) is 0 Å². The van der Waals surface area contributed by atoms with Crippen molar-refractivity contribution < 1.29 is 5.11 Å². The summed E-state index contributed by atoms with van der Waals surface area (Å²) in [6.45, 7) is 1.89. The van der Waals surface area contributed by atoms with E-state index in [2.05, 4.69) is 12.1 Å². The lowest BCUT2D eigenvalue weighted by Crippen LogP contribution is -2.52. The van der Waals surface area contributed by atoms with Gasteiger partial charge in [-0.05, 0) is 49.7 Å². The molecule has 0 aliphatic heterocycles. The Morgan fingerprint density at radius 3 is 2.75 bits per heavy atom. The molecule has 2 unspecified atom stereocenters. The van der Waals surface area contributed by atoms with E-state index in [4.69, 9.17) is 0 Å². The highest BCUT2D eigenvalue weighted by molar-refractivity contribution is 5.44. The van der Waals surface area contributed by atoms with Crippen molar-refractivity contribution in [1.82, 2.24) is 0 Å². The molecule has 0 aromatic heterocycles. The third kappa shape index (κ3) is 1.96. The lowest BCUT2D eigenvalue weighted by atomic mass is 9.58. The fraction of sp³-hybridized carbons (Fsp3) is 0.611. The van der Waals surface area contributed by atoms with Gasteiger partial charge < -0.3 is 5.11 Å². The number of hydrogen-bond donors (Lipinski definition) is 1. The van der Waals surface area contributed by atoms with Crippen LogP contribution in [0.4, 0.5) is 0 Å². The van der Waals surface area contributed by atoms with E-state index in [1.54, 1.807) is 0 Å². The van der Waals surface area contributed by atoms with Crippen molar-refractivity contribution in [2.45, 2.75) is 62.9 Å². The molecule has 0 amide bonds. The van der Waals surface area contributed by atoms with Crippen LogP contribution in [0, 0.1) is 17.2 Å². The molecule has 1 aromatic rings. The molecular weight excluding hydrogens is 246 g/mol. The molecule has 0 spiro atoms. The Balaban J connectivity index is 2.01. The van der Waals surface area contributed by atoms with Gasteiger partial charge in [-0.3, -0.25) is 0 Å². The second-order valence-corrected chi connectivity index (χ2v) is 6.80. The van der Waals surface area contributed by atoms with Crippen LogP contribution >= 0.6 is 0 Å². The smallest absolute Gasteiger partial charge is 0.111 e. The monoisotopic (exact) mass is 269 g/mol. The van der Waals surface area contributed by atoms with Gasteiger partial charge in [-0.1, -0.05) is 43.5 Å². The molecule has 0 radical (unpaired) electrons. The van der Waals surface area contributed by atoms with E-state index < -0.39 is 11.0 Å². The molecule has 20 heavy (non-hydrogen) atoms. The van der Waals surface area contributed by atoms with Crippen LogP contribution in [0.1, 0.15) is 56.6 Å². The summed E-state index contributed by atoms with van der Waals surface area (Å²) in [6.07, 6.45) is 7.25. The second kappa shape index (κ2) is 4.90. The van der Waals surface area contributed by atoms with Crippen LogP contribution in [-0.2, 0) is 11.8 Å². The van der Waals surface area contributed by atoms with Crippen molar-refractivity contribution >= 4 is 0 Å². The van der Waals surface area contributed by atoms with E-state index in [1.807, 2.05) is 25.1 Å². The highest BCUT2D eigenvalue weighted by Crippen LogP contribution is 2.48. The van der Waals surface area contributed by atoms with Crippen LogP contribution in [0.25, 0.3) is 0 Å². The molecule has 106 valence electrons. The standard InChI is InChI=1S/C18H23NO/c1-17(20,12-14-6-4-7-14)18(13-19)11-5-9-15-8-2-3-10-16(15)18/h2-3,8,10,14,20H,4-7,9,11-12H2,1H3. The van der Waals surface area contributed by atoms with Crippen molar-refractivity contribution in [3.8, 4) is 6.07 Å². The minimum Gasteiger partial charge on any atom is -0.388 e. The summed E-state index contributed by atoms with van der Waals surface area (Å²) in [5.41, 5.74) is 0.660. The zero-order chi connectivity index (χ0) is 14.2. The number of rotatable bonds is 3. The lowest BCUT2D eigenvalue weighted by molar-refractivity contribution is -0.0367. The Hall–Kier alpha value is -1.33. The molecule has 2 heteroatoms. The van der Waals surface area contributed by atoms with Crippen molar-refractivity contribution in [1.29, 1.82) is 5.26 Å². The second-order valence-electron chi connectivity index (χ2n) is 6.80. The van der Waals surface area contributed by atoms with Crippen molar-refractivity contribution in [2.24, 2.45) is 5.92 Å². The SMILES string of the molecule is CC(O)(CC1CCC1)C1(C#N)CCCc2ccccc21. The normalized spacial score (nSPS) is 28.9. The average molecular weight is 269 g/mol. The van der Waals surface area contributed by atoms with Gasteiger partial charge in [0.1, 0.15) is 5.41 Å². The third-order valence-corrected chi connectivity index (χ3v) is 5.50. The highest BCUT2D eigenvalue weighted by atomic mass is 16.3. The van der Waals surface area contributed by atoms with Crippen LogP contribution in [0.2, 0.25) is 0 Å². The van der Waals surface area contributed by atoms with Gasteiger partial charge in [0.15, 0.2) is 0 Å². The summed E-state index contributed by atoms with van der Waals surface area (Å²) in [7, 11) is 0. The van der Waals surface area contributed by atoms with E-state index in [-0.39, 0.29) is 0 Å². The van der Waals surface area contributed by atoms with Gasteiger partial charge in [-0.2, -0.15) is 5.26 Å². The Morgan fingerprint density at radius 1 is 1.35 bits per heavy atom. The molecule has 1 N–H and O–H groups in total. The Kier molecular flexibility index (Phi) is 3.34. The zero-order valence-electron chi connectivity index (χ0n) is 12.2. The van der Waals surface area contributed by atoms with Crippen molar-refractivity contribution in [3.63, 3.8) is 0 Å². The summed E-state index contributed by atoms with van der Waals surface area (Å²) < 4.78 is 0. The lowest BCUT2D eigenvalue weighted by Gasteiger charge is -2.46. The van der Waals surface area contributed by atoms with E-state index >= 15 is 0 Å². The maximum absolute atomic E-state index is 11.1. The quantitative estimate of drug-likeness (QED) is 0.908. The van der Waals surface area contributed by atoms with E-state index in [1.165, 1.54) is 24.8 Å². The fourth-order valence-corrected chi connectivity index (χ4v) is 4.06. The van der Waals surface area contributed by atoms with Gasteiger partial charge in [0.05, 0.1) is 11.7 Å². The molecule has 0 heterocycles. The molecule has 1 saturated carbocycles. The molecule has 2 aliphatic carbocycles. The van der Waals surface area contributed by atoms with Gasteiger partial charge in [0.25, 0.3) is 0 Å². The van der Waals surface area contributed by atoms with Gasteiger partial charge in [0.2, 0.25) is 0 Å². The van der Waals surface area contributed by atoms with E-state index in [9.17, 15) is 10.4 Å². The number of nitriles is 1. The summed E-state index contributed by atoms with van der Waals surface area (Å²) >= 11 is 0. The number of hydrogen-bond acceptors (Lipinski definition) is 2. The van der Waals surface area contributed by atoms with Crippen molar-refractivity contribution in [3.05, 3.63) is 35.4 Å². The third-order valence-electron chi connectivity index (χ3n) is 5.50. The first-order valence-corrected chi connectivity index (χ1v) is 7.81. The van der Waals surface area contributed by atoms with E-state index in [0.29, 0.717) is 5.92 Å².